The van der Waals surface area contributed by atoms with Gasteiger partial charge >= 0.3 is 0 Å². The molecule has 9 heteroatoms. The number of rotatable bonds is 6. The Labute approximate surface area is 184 Å². The Morgan fingerprint density at radius 3 is 2.16 bits per heavy atom. The van der Waals surface area contributed by atoms with Crippen LogP contribution in [0.5, 0.6) is 0 Å². The van der Waals surface area contributed by atoms with Crippen molar-refractivity contribution in [1.82, 2.24) is 9.97 Å². The molecular weight excluding hydrogens is 434 g/mol. The minimum atomic E-state index is -3.69. The van der Waals surface area contributed by atoms with E-state index in [0.717, 1.165) is 17.7 Å². The third-order valence-electron chi connectivity index (χ3n) is 4.62. The molecule has 0 aliphatic heterocycles. The van der Waals surface area contributed by atoms with E-state index in [0.29, 0.717) is 28.5 Å². The van der Waals surface area contributed by atoms with Crippen molar-refractivity contribution in [1.29, 1.82) is 0 Å². The van der Waals surface area contributed by atoms with Crippen LogP contribution in [0, 0.1) is 18.6 Å². The predicted molar refractivity (Wildman–Crippen MR) is 119 cm³/mol. The number of benzene rings is 3. The minimum Gasteiger partial charge on any atom is -0.340 e. The van der Waals surface area contributed by atoms with Crippen LogP contribution in [0.2, 0.25) is 0 Å². The van der Waals surface area contributed by atoms with Gasteiger partial charge < -0.3 is 5.32 Å². The number of halogens is 2. The number of hydrogen-bond acceptors (Lipinski definition) is 5. The Kier molecular flexibility index (Phi) is 5.83. The second kappa shape index (κ2) is 8.72. The highest BCUT2D eigenvalue weighted by Gasteiger charge is 2.14. The number of aryl methyl sites for hydroxylation is 1. The van der Waals surface area contributed by atoms with Gasteiger partial charge in [0.1, 0.15) is 12.1 Å². The van der Waals surface area contributed by atoms with E-state index in [4.69, 9.17) is 0 Å². The molecule has 0 bridgehead atoms. The van der Waals surface area contributed by atoms with Gasteiger partial charge in [0, 0.05) is 23.0 Å². The van der Waals surface area contributed by atoms with Gasteiger partial charge in [-0.3, -0.25) is 4.72 Å². The molecule has 0 saturated heterocycles. The first-order valence-corrected chi connectivity index (χ1v) is 11.0. The zero-order valence-electron chi connectivity index (χ0n) is 16.9. The fourth-order valence-corrected chi connectivity index (χ4v) is 4.00. The zero-order chi connectivity index (χ0) is 22.7. The lowest BCUT2D eigenvalue weighted by Crippen LogP contribution is -2.12. The maximum absolute atomic E-state index is 13.5. The van der Waals surface area contributed by atoms with E-state index in [2.05, 4.69) is 20.0 Å². The van der Waals surface area contributed by atoms with Gasteiger partial charge in [-0.2, -0.15) is 0 Å². The normalized spacial score (nSPS) is 11.2. The van der Waals surface area contributed by atoms with Crippen LogP contribution in [0.15, 0.2) is 84.0 Å². The molecule has 0 atom stereocenters. The molecule has 4 aromatic rings. The lowest BCUT2D eigenvalue weighted by atomic mass is 10.1. The summed E-state index contributed by atoms with van der Waals surface area (Å²) in [5, 5.41) is 3.07. The fraction of sp³-hybridized carbons (Fsp3) is 0.0435. The van der Waals surface area contributed by atoms with Crippen LogP contribution in [-0.4, -0.2) is 18.4 Å². The van der Waals surface area contributed by atoms with Gasteiger partial charge in [-0.1, -0.05) is 17.7 Å². The van der Waals surface area contributed by atoms with Gasteiger partial charge in [0.15, 0.2) is 11.6 Å². The van der Waals surface area contributed by atoms with Crippen molar-refractivity contribution in [2.45, 2.75) is 11.8 Å². The number of nitrogens with zero attached hydrogens (tertiary/aromatic N) is 2. The largest absolute Gasteiger partial charge is 0.340 e. The van der Waals surface area contributed by atoms with Crippen molar-refractivity contribution in [3.8, 4) is 11.3 Å². The summed E-state index contributed by atoms with van der Waals surface area (Å²) in [6, 6.07) is 18.3. The Bertz CT molecular complexity index is 1360. The number of hydrogen-bond donors (Lipinski definition) is 2. The molecule has 162 valence electrons. The van der Waals surface area contributed by atoms with E-state index in [1.165, 1.54) is 12.4 Å². The summed E-state index contributed by atoms with van der Waals surface area (Å²) >= 11 is 0. The van der Waals surface area contributed by atoms with Crippen molar-refractivity contribution < 1.29 is 17.2 Å². The van der Waals surface area contributed by atoms with Crippen molar-refractivity contribution in [3.63, 3.8) is 0 Å². The fourth-order valence-electron chi connectivity index (χ4n) is 2.94. The molecule has 0 aliphatic rings. The third-order valence-corrected chi connectivity index (χ3v) is 6.02. The smallest absolute Gasteiger partial charge is 0.261 e. The van der Waals surface area contributed by atoms with Crippen molar-refractivity contribution in [2.24, 2.45) is 0 Å². The average molecular weight is 452 g/mol. The van der Waals surface area contributed by atoms with Crippen LogP contribution >= 0.6 is 0 Å². The van der Waals surface area contributed by atoms with Crippen LogP contribution in [0.1, 0.15) is 5.56 Å². The molecule has 1 aromatic heterocycles. The highest BCUT2D eigenvalue weighted by molar-refractivity contribution is 7.92. The first-order valence-electron chi connectivity index (χ1n) is 9.54. The second-order valence-corrected chi connectivity index (χ2v) is 8.72. The van der Waals surface area contributed by atoms with Crippen LogP contribution in [-0.2, 0) is 10.0 Å². The molecule has 1 heterocycles. The molecule has 3 aromatic carbocycles. The van der Waals surface area contributed by atoms with Crippen molar-refractivity contribution >= 4 is 27.2 Å². The number of anilines is 3. The Balaban J connectivity index is 1.48. The van der Waals surface area contributed by atoms with Crippen LogP contribution in [0.4, 0.5) is 26.0 Å². The molecule has 0 amide bonds. The second-order valence-electron chi connectivity index (χ2n) is 7.04. The molecule has 0 radical (unpaired) electrons. The Hall–Kier alpha value is -3.85. The summed E-state index contributed by atoms with van der Waals surface area (Å²) in [7, 11) is -3.69. The third kappa shape index (κ3) is 4.89. The summed E-state index contributed by atoms with van der Waals surface area (Å²) in [4.78, 5) is 8.40. The summed E-state index contributed by atoms with van der Waals surface area (Å²) in [5.41, 5.74) is 2.86. The van der Waals surface area contributed by atoms with Crippen LogP contribution < -0.4 is 10.0 Å². The molecular formula is C23H18F2N4O2S. The van der Waals surface area contributed by atoms with Gasteiger partial charge in [-0.25, -0.2) is 27.2 Å². The van der Waals surface area contributed by atoms with E-state index < -0.39 is 21.7 Å². The van der Waals surface area contributed by atoms with Gasteiger partial charge in [0.2, 0.25) is 0 Å². The first-order chi connectivity index (χ1) is 15.3. The minimum absolute atomic E-state index is 0.177. The standard InChI is InChI=1S/C23H18F2N4O2S/c1-15-2-9-19(10-3-15)32(30,31)29-18-7-5-17(6-8-18)28-23-13-22(26-14-27-23)16-4-11-20(24)21(25)12-16/h2-14,29H,1H3,(H,26,27,28). The van der Waals surface area contributed by atoms with Crippen molar-refractivity contribution in [2.75, 3.05) is 10.0 Å². The highest BCUT2D eigenvalue weighted by Crippen LogP contribution is 2.24. The van der Waals surface area contributed by atoms with Gasteiger partial charge in [0.05, 0.1) is 10.6 Å². The van der Waals surface area contributed by atoms with E-state index in [-0.39, 0.29) is 4.90 Å². The molecule has 0 fully saturated rings. The zero-order valence-corrected chi connectivity index (χ0v) is 17.7. The van der Waals surface area contributed by atoms with E-state index in [1.807, 2.05) is 6.92 Å². The van der Waals surface area contributed by atoms with E-state index in [1.54, 1.807) is 54.6 Å². The predicted octanol–water partition coefficient (Wildman–Crippen LogP) is 5.27. The molecule has 0 saturated carbocycles. The lowest BCUT2D eigenvalue weighted by Gasteiger charge is -2.10. The molecule has 4 rings (SSSR count). The lowest BCUT2D eigenvalue weighted by molar-refractivity contribution is 0.509. The molecule has 0 spiro atoms. The monoisotopic (exact) mass is 452 g/mol. The Morgan fingerprint density at radius 2 is 1.47 bits per heavy atom. The summed E-state index contributed by atoms with van der Waals surface area (Å²) < 4.78 is 54.2. The average Bonchev–Trinajstić information content (AvgIpc) is 2.77. The van der Waals surface area contributed by atoms with Crippen LogP contribution in [0.3, 0.4) is 0 Å². The van der Waals surface area contributed by atoms with Crippen LogP contribution in [0.25, 0.3) is 11.3 Å². The quantitative estimate of drug-likeness (QED) is 0.416. The highest BCUT2D eigenvalue weighted by atomic mass is 32.2. The number of sulfonamides is 1. The number of aromatic nitrogens is 2. The molecule has 2 N–H and O–H groups in total. The summed E-state index contributed by atoms with van der Waals surface area (Å²) in [6.45, 7) is 1.88. The Morgan fingerprint density at radius 1 is 0.781 bits per heavy atom. The summed E-state index contributed by atoms with van der Waals surface area (Å²) in [5.74, 6) is -1.45. The van der Waals surface area contributed by atoms with Gasteiger partial charge in [0.25, 0.3) is 10.0 Å². The SMILES string of the molecule is Cc1ccc(S(=O)(=O)Nc2ccc(Nc3cc(-c4ccc(F)c(F)c4)ncn3)cc2)cc1. The molecule has 32 heavy (non-hydrogen) atoms. The van der Waals surface area contributed by atoms with Crippen molar-refractivity contribution in [3.05, 3.63) is 96.3 Å². The molecule has 0 unspecified atom stereocenters. The first kappa shape index (κ1) is 21.4. The summed E-state index contributed by atoms with van der Waals surface area (Å²) in [6.07, 6.45) is 1.31. The maximum atomic E-state index is 13.5. The molecule has 6 nitrogen and oxygen atoms in total. The van der Waals surface area contributed by atoms with E-state index in [9.17, 15) is 17.2 Å². The van der Waals surface area contributed by atoms with Gasteiger partial charge in [-0.05, 0) is 61.5 Å². The maximum Gasteiger partial charge on any atom is 0.261 e. The topological polar surface area (TPSA) is 84.0 Å². The van der Waals surface area contributed by atoms with Gasteiger partial charge in [-0.15, -0.1) is 0 Å². The van der Waals surface area contributed by atoms with E-state index >= 15 is 0 Å². The number of nitrogens with one attached hydrogen (secondary N) is 2. The molecule has 0 aliphatic carbocycles.